The molecule has 0 aliphatic heterocycles. The molecule has 170 valence electrons. The van der Waals surface area contributed by atoms with Crippen LogP contribution in [-0.4, -0.2) is 47.0 Å². The summed E-state index contributed by atoms with van der Waals surface area (Å²) < 4.78 is 5.26. The average Bonchev–Trinajstić information content (AvgIpc) is 2.79. The summed E-state index contributed by atoms with van der Waals surface area (Å²) in [6.45, 7) is 7.51. The van der Waals surface area contributed by atoms with Gasteiger partial charge in [-0.15, -0.1) is 11.8 Å². The first-order valence-corrected chi connectivity index (χ1v) is 12.1. The van der Waals surface area contributed by atoms with E-state index < -0.39 is 5.97 Å². The normalized spacial score (nSPS) is 12.2. The number of ketones is 1. The van der Waals surface area contributed by atoms with Gasteiger partial charge >= 0.3 is 5.97 Å². The molecule has 0 aromatic heterocycles. The lowest BCUT2D eigenvalue weighted by Gasteiger charge is -2.30. The Hall–Kier alpha value is -3.12. The summed E-state index contributed by atoms with van der Waals surface area (Å²) in [4.78, 5) is 40.5. The van der Waals surface area contributed by atoms with Crippen LogP contribution in [0.2, 0.25) is 0 Å². The molecule has 0 bridgehead atoms. The zero-order valence-electron chi connectivity index (χ0n) is 19.3. The van der Waals surface area contributed by atoms with Crippen LogP contribution in [0, 0.1) is 0 Å². The van der Waals surface area contributed by atoms with Gasteiger partial charge in [0.2, 0.25) is 0 Å². The lowest BCUT2D eigenvalue weighted by molar-refractivity contribution is -0.151. The highest BCUT2D eigenvalue weighted by Crippen LogP contribution is 2.42. The van der Waals surface area contributed by atoms with Crippen LogP contribution in [0.15, 0.2) is 59.5 Å². The number of fused-ring (bicyclic) bond motifs is 2. The van der Waals surface area contributed by atoms with Crippen LogP contribution in [-0.2, 0) is 14.3 Å². The van der Waals surface area contributed by atoms with Crippen molar-refractivity contribution >= 4 is 40.2 Å². The first kappa shape index (κ1) is 23.1. The molecule has 0 fully saturated rings. The fourth-order valence-electron chi connectivity index (χ4n) is 4.55. The maximum absolute atomic E-state index is 13.1. The Kier molecular flexibility index (Phi) is 6.56. The van der Waals surface area contributed by atoms with Crippen molar-refractivity contribution in [1.29, 1.82) is 0 Å². The highest BCUT2D eigenvalue weighted by molar-refractivity contribution is 8.00. The lowest BCUT2D eigenvalue weighted by atomic mass is 9.83. The zero-order valence-corrected chi connectivity index (χ0v) is 20.1. The third-order valence-corrected chi connectivity index (χ3v) is 6.86. The second-order valence-electron chi connectivity index (χ2n) is 8.65. The van der Waals surface area contributed by atoms with Crippen molar-refractivity contribution in [2.24, 2.45) is 0 Å². The van der Waals surface area contributed by atoms with Gasteiger partial charge in [0.15, 0.2) is 12.4 Å². The number of hydrogen-bond acceptors (Lipinski definition) is 5. The minimum absolute atomic E-state index is 0.0173. The van der Waals surface area contributed by atoms with E-state index in [1.165, 1.54) is 11.8 Å². The van der Waals surface area contributed by atoms with E-state index >= 15 is 0 Å². The van der Waals surface area contributed by atoms with Gasteiger partial charge in [-0.25, -0.2) is 0 Å². The van der Waals surface area contributed by atoms with Crippen molar-refractivity contribution in [3.8, 4) is 11.1 Å². The smallest absolute Gasteiger partial charge is 0.316 e. The van der Waals surface area contributed by atoms with E-state index in [0.29, 0.717) is 11.1 Å². The molecule has 1 amide bonds. The van der Waals surface area contributed by atoms with E-state index in [1.54, 1.807) is 4.90 Å². The highest BCUT2D eigenvalue weighted by Gasteiger charge is 2.26. The van der Waals surface area contributed by atoms with E-state index in [1.807, 2.05) is 82.3 Å². The molecule has 3 aromatic rings. The number of carbonyl (C=O) groups excluding carboxylic acids is 3. The van der Waals surface area contributed by atoms with Crippen LogP contribution >= 0.6 is 11.8 Å². The fraction of sp³-hybridized carbons (Fsp3) is 0.296. The molecule has 0 spiro atoms. The number of ether oxygens (including phenoxy) is 1. The largest absolute Gasteiger partial charge is 0.455 e. The van der Waals surface area contributed by atoms with Crippen molar-refractivity contribution in [3.05, 3.63) is 65.7 Å². The molecular formula is C27H27NO4S. The van der Waals surface area contributed by atoms with Crippen molar-refractivity contribution in [3.63, 3.8) is 0 Å². The Morgan fingerprint density at radius 1 is 0.848 bits per heavy atom. The van der Waals surface area contributed by atoms with Crippen molar-refractivity contribution in [1.82, 2.24) is 4.90 Å². The number of hydrogen-bond donors (Lipinski definition) is 0. The maximum Gasteiger partial charge on any atom is 0.316 e. The van der Waals surface area contributed by atoms with Crippen LogP contribution in [0.25, 0.3) is 21.9 Å². The summed E-state index contributed by atoms with van der Waals surface area (Å²) in [6.07, 6.45) is 0. The molecule has 0 saturated carbocycles. The summed E-state index contributed by atoms with van der Waals surface area (Å²) in [7, 11) is 0. The molecule has 5 nitrogen and oxygen atoms in total. The summed E-state index contributed by atoms with van der Waals surface area (Å²) in [5, 5.41) is 1.85. The second-order valence-corrected chi connectivity index (χ2v) is 9.67. The molecule has 3 aromatic carbocycles. The maximum atomic E-state index is 13.1. The summed E-state index contributed by atoms with van der Waals surface area (Å²) >= 11 is 1.35. The molecule has 1 aliphatic carbocycles. The molecule has 1 aliphatic rings. The molecule has 6 heteroatoms. The Labute approximate surface area is 198 Å². The van der Waals surface area contributed by atoms with Gasteiger partial charge in [0.25, 0.3) is 5.91 Å². The van der Waals surface area contributed by atoms with E-state index in [2.05, 4.69) is 0 Å². The number of thioether (sulfide) groups is 1. The number of carbonyl (C=O) groups is 3. The zero-order chi connectivity index (χ0) is 23.7. The molecule has 4 rings (SSSR count). The van der Waals surface area contributed by atoms with Crippen LogP contribution in [0.3, 0.4) is 0 Å². The van der Waals surface area contributed by atoms with Gasteiger partial charge < -0.3 is 9.64 Å². The number of esters is 1. The average molecular weight is 462 g/mol. The van der Waals surface area contributed by atoms with Crippen molar-refractivity contribution in [2.45, 2.75) is 44.7 Å². The monoisotopic (exact) mass is 461 g/mol. The lowest BCUT2D eigenvalue weighted by Crippen LogP contribution is -2.44. The van der Waals surface area contributed by atoms with Gasteiger partial charge in [-0.05, 0) is 50.3 Å². The first-order chi connectivity index (χ1) is 15.8. The standard InChI is InChI=1S/C27H27NO4S/c1-16(2)28(17(3)4)24(29)14-32-25(30)15-33-23-13-12-19-18-8-5-6-9-20(18)27(31)22-11-7-10-21(23)26(19)22/h5-13,16-17H,14-15H2,1-4H3. The minimum atomic E-state index is -0.442. The summed E-state index contributed by atoms with van der Waals surface area (Å²) in [5.41, 5.74) is 3.35. The molecule has 0 unspecified atom stereocenters. The molecule has 0 saturated heterocycles. The molecular weight excluding hydrogens is 434 g/mol. The van der Waals surface area contributed by atoms with Crippen molar-refractivity contribution < 1.29 is 19.1 Å². The van der Waals surface area contributed by atoms with Gasteiger partial charge in [-0.3, -0.25) is 14.4 Å². The van der Waals surface area contributed by atoms with E-state index in [0.717, 1.165) is 26.8 Å². The highest BCUT2D eigenvalue weighted by atomic mass is 32.2. The van der Waals surface area contributed by atoms with Gasteiger partial charge in [0, 0.05) is 33.5 Å². The Morgan fingerprint density at radius 3 is 2.21 bits per heavy atom. The molecule has 0 atom stereocenters. The molecule has 33 heavy (non-hydrogen) atoms. The van der Waals surface area contributed by atoms with Crippen LogP contribution < -0.4 is 0 Å². The van der Waals surface area contributed by atoms with Crippen molar-refractivity contribution in [2.75, 3.05) is 12.4 Å². The SMILES string of the molecule is CC(C)N(C(=O)COC(=O)CSc1ccc2c3c(cccc13)C(=O)c1ccccc1-2)C(C)C. The summed E-state index contributed by atoms with van der Waals surface area (Å²) in [5.74, 6) is -0.539. The van der Waals surface area contributed by atoms with Crippen LogP contribution in [0.1, 0.15) is 43.6 Å². The van der Waals surface area contributed by atoms with E-state index in [4.69, 9.17) is 4.74 Å². The predicted molar refractivity (Wildman–Crippen MR) is 132 cm³/mol. The number of rotatable bonds is 7. The Morgan fingerprint density at radius 2 is 1.52 bits per heavy atom. The van der Waals surface area contributed by atoms with E-state index in [-0.39, 0.29) is 36.1 Å². The Balaban J connectivity index is 1.51. The minimum Gasteiger partial charge on any atom is -0.455 e. The fourth-order valence-corrected chi connectivity index (χ4v) is 5.39. The Bertz CT molecular complexity index is 1240. The number of nitrogens with zero attached hydrogens (tertiary/aromatic N) is 1. The number of benzene rings is 3. The van der Waals surface area contributed by atoms with Gasteiger partial charge in [0.05, 0.1) is 5.75 Å². The number of amides is 1. The second kappa shape index (κ2) is 9.40. The first-order valence-electron chi connectivity index (χ1n) is 11.1. The predicted octanol–water partition coefficient (Wildman–Crippen LogP) is 5.33. The van der Waals surface area contributed by atoms with Gasteiger partial charge in [-0.1, -0.05) is 48.5 Å². The topological polar surface area (TPSA) is 63.7 Å². The summed E-state index contributed by atoms with van der Waals surface area (Å²) in [6, 6.07) is 17.4. The van der Waals surface area contributed by atoms with Gasteiger partial charge in [-0.2, -0.15) is 0 Å². The van der Waals surface area contributed by atoms with Crippen LogP contribution in [0.5, 0.6) is 0 Å². The van der Waals surface area contributed by atoms with Gasteiger partial charge in [0.1, 0.15) is 0 Å². The molecule has 0 heterocycles. The quantitative estimate of drug-likeness (QED) is 0.275. The third kappa shape index (κ3) is 4.40. The van der Waals surface area contributed by atoms with E-state index in [9.17, 15) is 14.4 Å². The third-order valence-electron chi connectivity index (χ3n) is 5.81. The molecule has 0 N–H and O–H groups in total. The van der Waals surface area contributed by atoms with Crippen LogP contribution in [0.4, 0.5) is 0 Å². The molecule has 0 radical (unpaired) electrons.